The maximum absolute atomic E-state index is 13.2. The lowest BCUT2D eigenvalue weighted by Gasteiger charge is -2.22. The summed E-state index contributed by atoms with van der Waals surface area (Å²) in [7, 11) is 3.61. The van der Waals surface area contributed by atoms with Crippen LogP contribution in [-0.4, -0.2) is 55.3 Å². The van der Waals surface area contributed by atoms with Crippen molar-refractivity contribution in [2.45, 2.75) is 18.9 Å². The summed E-state index contributed by atoms with van der Waals surface area (Å²) >= 11 is 12.6. The Balaban J connectivity index is 1.49. The SMILES string of the molecule is CN(CCO)C1Cc2ccc(Nc3ncc4c(=N)n(-c5c(Cl)cccc5Cl)c(=O)n(C)c4n3)cc2C1. The number of nitrogens with zero attached hydrogens (tertiary/aromatic N) is 5. The fourth-order valence-electron chi connectivity index (χ4n) is 4.68. The first-order chi connectivity index (χ1) is 17.3. The Kier molecular flexibility index (Phi) is 6.57. The molecule has 0 saturated carbocycles. The van der Waals surface area contributed by atoms with Crippen molar-refractivity contribution in [2.24, 2.45) is 7.05 Å². The fourth-order valence-corrected chi connectivity index (χ4v) is 5.24. The second kappa shape index (κ2) is 9.67. The number of benzene rings is 2. The number of aryl methyl sites for hydroxylation is 1. The Morgan fingerprint density at radius 2 is 1.92 bits per heavy atom. The maximum Gasteiger partial charge on any atom is 0.335 e. The van der Waals surface area contributed by atoms with Gasteiger partial charge in [0.15, 0.2) is 5.65 Å². The molecule has 1 aliphatic carbocycles. The summed E-state index contributed by atoms with van der Waals surface area (Å²) in [5.74, 6) is 0.317. The van der Waals surface area contributed by atoms with E-state index in [2.05, 4.69) is 32.3 Å². The van der Waals surface area contributed by atoms with Crippen LogP contribution in [0.5, 0.6) is 0 Å². The number of anilines is 2. The first kappa shape index (κ1) is 24.5. The number of likely N-dealkylation sites (N-methyl/N-ethyl adjacent to an activating group) is 1. The molecule has 11 heteroatoms. The molecule has 0 bridgehead atoms. The van der Waals surface area contributed by atoms with Gasteiger partial charge in [-0.05, 0) is 55.3 Å². The van der Waals surface area contributed by atoms with E-state index in [1.807, 2.05) is 13.1 Å². The van der Waals surface area contributed by atoms with E-state index in [9.17, 15) is 9.90 Å². The number of rotatable bonds is 6. The van der Waals surface area contributed by atoms with Crippen LogP contribution >= 0.6 is 23.2 Å². The lowest BCUT2D eigenvalue weighted by atomic mass is 10.1. The number of aliphatic hydroxyl groups excluding tert-OH is 1. The maximum atomic E-state index is 13.2. The van der Waals surface area contributed by atoms with Crippen LogP contribution in [0.25, 0.3) is 16.7 Å². The van der Waals surface area contributed by atoms with E-state index < -0.39 is 5.69 Å². The highest BCUT2D eigenvalue weighted by Gasteiger charge is 2.25. The van der Waals surface area contributed by atoms with E-state index in [4.69, 9.17) is 28.6 Å². The molecule has 186 valence electrons. The Morgan fingerprint density at radius 3 is 2.64 bits per heavy atom. The second-order valence-electron chi connectivity index (χ2n) is 8.90. The van der Waals surface area contributed by atoms with Gasteiger partial charge in [-0.15, -0.1) is 0 Å². The van der Waals surface area contributed by atoms with Crippen LogP contribution in [0.15, 0.2) is 47.4 Å². The number of aromatic nitrogens is 4. The summed E-state index contributed by atoms with van der Waals surface area (Å²) in [5.41, 5.74) is 3.33. The van der Waals surface area contributed by atoms with Crippen molar-refractivity contribution in [2.75, 3.05) is 25.5 Å². The summed E-state index contributed by atoms with van der Waals surface area (Å²) in [4.78, 5) is 24.3. The number of hydrogen-bond donors (Lipinski definition) is 3. The minimum absolute atomic E-state index is 0.106. The van der Waals surface area contributed by atoms with Crippen molar-refractivity contribution in [3.63, 3.8) is 0 Å². The first-order valence-electron chi connectivity index (χ1n) is 11.5. The molecule has 1 atom stereocenters. The first-order valence-corrected chi connectivity index (χ1v) is 12.2. The van der Waals surface area contributed by atoms with Gasteiger partial charge in [0.05, 0.1) is 27.7 Å². The lowest BCUT2D eigenvalue weighted by molar-refractivity contribution is 0.183. The smallest absolute Gasteiger partial charge is 0.335 e. The van der Waals surface area contributed by atoms with Gasteiger partial charge in [0.2, 0.25) is 5.95 Å². The van der Waals surface area contributed by atoms with Crippen molar-refractivity contribution >= 4 is 45.9 Å². The summed E-state index contributed by atoms with van der Waals surface area (Å²) in [6, 6.07) is 11.4. The summed E-state index contributed by atoms with van der Waals surface area (Å²) in [6.07, 6.45) is 3.37. The van der Waals surface area contributed by atoms with Crippen LogP contribution < -0.4 is 16.5 Å². The molecule has 0 saturated heterocycles. The normalized spacial score (nSPS) is 15.0. The highest BCUT2D eigenvalue weighted by molar-refractivity contribution is 6.37. The molecule has 1 unspecified atom stereocenters. The Hall–Kier alpha value is -3.24. The third-order valence-corrected chi connectivity index (χ3v) is 7.26. The van der Waals surface area contributed by atoms with Gasteiger partial charge in [0.1, 0.15) is 5.49 Å². The van der Waals surface area contributed by atoms with Gasteiger partial charge in [0.25, 0.3) is 0 Å². The van der Waals surface area contributed by atoms with Gasteiger partial charge in [-0.2, -0.15) is 4.98 Å². The minimum atomic E-state index is -0.497. The molecule has 36 heavy (non-hydrogen) atoms. The second-order valence-corrected chi connectivity index (χ2v) is 9.72. The molecule has 0 fully saturated rings. The van der Waals surface area contributed by atoms with E-state index in [0.717, 1.165) is 23.1 Å². The highest BCUT2D eigenvalue weighted by Crippen LogP contribution is 2.29. The van der Waals surface area contributed by atoms with E-state index >= 15 is 0 Å². The number of halogens is 2. The van der Waals surface area contributed by atoms with Crippen molar-refractivity contribution in [3.05, 3.63) is 79.7 Å². The molecular weight excluding hydrogens is 501 g/mol. The van der Waals surface area contributed by atoms with Crippen LogP contribution in [0, 0.1) is 5.41 Å². The van der Waals surface area contributed by atoms with E-state index in [1.54, 1.807) is 25.2 Å². The van der Waals surface area contributed by atoms with Crippen LogP contribution in [0.1, 0.15) is 11.1 Å². The number of aliphatic hydroxyl groups is 1. The van der Waals surface area contributed by atoms with Gasteiger partial charge in [-0.3, -0.25) is 9.98 Å². The van der Waals surface area contributed by atoms with Crippen molar-refractivity contribution < 1.29 is 5.11 Å². The van der Waals surface area contributed by atoms with Gasteiger partial charge in [-0.25, -0.2) is 14.3 Å². The molecule has 3 N–H and O–H groups in total. The molecule has 2 heterocycles. The van der Waals surface area contributed by atoms with E-state index in [1.165, 1.54) is 21.9 Å². The Labute approximate surface area is 217 Å². The summed E-state index contributed by atoms with van der Waals surface area (Å²) in [5, 5.41) is 22.0. The largest absolute Gasteiger partial charge is 0.395 e. The van der Waals surface area contributed by atoms with Crippen molar-refractivity contribution in [1.29, 1.82) is 5.41 Å². The Bertz CT molecular complexity index is 1580. The number of fused-ring (bicyclic) bond motifs is 2. The number of nitrogens with one attached hydrogen (secondary N) is 2. The molecule has 5 rings (SSSR count). The quantitative estimate of drug-likeness (QED) is 0.356. The van der Waals surface area contributed by atoms with Gasteiger partial charge >= 0.3 is 5.69 Å². The van der Waals surface area contributed by atoms with Crippen LogP contribution in [0.4, 0.5) is 11.6 Å². The number of para-hydroxylation sites is 1. The van der Waals surface area contributed by atoms with Crippen LogP contribution in [0.2, 0.25) is 10.0 Å². The monoisotopic (exact) mass is 525 g/mol. The van der Waals surface area contributed by atoms with Crippen LogP contribution in [-0.2, 0) is 19.9 Å². The van der Waals surface area contributed by atoms with E-state index in [-0.39, 0.29) is 27.8 Å². The average molecular weight is 526 g/mol. The highest BCUT2D eigenvalue weighted by atomic mass is 35.5. The van der Waals surface area contributed by atoms with Gasteiger partial charge in [0, 0.05) is 31.5 Å². The third-order valence-electron chi connectivity index (χ3n) is 6.65. The molecule has 2 aromatic heterocycles. The molecular formula is C25H25Cl2N7O2. The zero-order valence-electron chi connectivity index (χ0n) is 19.8. The third kappa shape index (κ3) is 4.28. The summed E-state index contributed by atoms with van der Waals surface area (Å²) < 4.78 is 2.51. The summed E-state index contributed by atoms with van der Waals surface area (Å²) in [6.45, 7) is 0.789. The zero-order valence-corrected chi connectivity index (χ0v) is 21.3. The lowest BCUT2D eigenvalue weighted by Crippen LogP contribution is -2.38. The molecule has 9 nitrogen and oxygen atoms in total. The molecule has 0 amide bonds. The van der Waals surface area contributed by atoms with Crippen LogP contribution in [0.3, 0.4) is 0 Å². The van der Waals surface area contributed by atoms with Gasteiger partial charge in [-0.1, -0.05) is 35.3 Å². The van der Waals surface area contributed by atoms with Crippen molar-refractivity contribution in [1.82, 2.24) is 24.0 Å². The predicted molar refractivity (Wildman–Crippen MR) is 141 cm³/mol. The molecule has 4 aromatic rings. The Morgan fingerprint density at radius 1 is 1.19 bits per heavy atom. The predicted octanol–water partition coefficient (Wildman–Crippen LogP) is 3.04. The van der Waals surface area contributed by atoms with Crippen molar-refractivity contribution in [3.8, 4) is 5.69 Å². The standard InChI is InChI=1S/C25H25Cl2N7O2/c1-32(8-9-35)17-11-14-6-7-16(10-15(14)12-17)30-24-29-13-18-22(28)34(25(36)33(2)23(18)31-24)21-19(26)4-3-5-20(21)27/h3-7,10,13,17,28,35H,8-9,11-12H2,1-2H3,(H,29,30,31). The average Bonchev–Trinajstić information content (AvgIpc) is 3.28. The minimum Gasteiger partial charge on any atom is -0.395 e. The topological polar surface area (TPSA) is 112 Å². The molecule has 1 aliphatic rings. The van der Waals surface area contributed by atoms with Gasteiger partial charge < -0.3 is 15.3 Å². The zero-order chi connectivity index (χ0) is 25.6. The fraction of sp³-hybridized carbons (Fsp3) is 0.280. The molecule has 0 spiro atoms. The molecule has 2 aromatic carbocycles. The number of hydrogen-bond acceptors (Lipinski definition) is 7. The van der Waals surface area contributed by atoms with E-state index in [0.29, 0.717) is 29.6 Å². The molecule has 0 radical (unpaired) electrons. The molecule has 0 aliphatic heterocycles.